The van der Waals surface area contributed by atoms with E-state index < -0.39 is 0 Å². The highest BCUT2D eigenvalue weighted by atomic mass is 79.9. The molecule has 0 atom stereocenters. The molecule has 0 amide bonds. The fourth-order valence-electron chi connectivity index (χ4n) is 1.32. The highest BCUT2D eigenvalue weighted by Crippen LogP contribution is 2.14. The van der Waals surface area contributed by atoms with Crippen LogP contribution in [0.25, 0.3) is 0 Å². The van der Waals surface area contributed by atoms with Gasteiger partial charge in [0.05, 0.1) is 6.20 Å². The molecule has 0 bridgehead atoms. The molecule has 2 nitrogen and oxygen atoms in total. The largest absolute Gasteiger partial charge is 0.381 e. The summed E-state index contributed by atoms with van der Waals surface area (Å²) in [6.45, 7) is 0.562. The van der Waals surface area contributed by atoms with Gasteiger partial charge in [-0.2, -0.15) is 0 Å². The third kappa shape index (κ3) is 3.03. The van der Waals surface area contributed by atoms with Gasteiger partial charge in [0.1, 0.15) is 5.82 Å². The zero-order valence-corrected chi connectivity index (χ0v) is 10.0. The Balaban J connectivity index is 1.99. The second-order valence-corrected chi connectivity index (χ2v) is 4.29. The van der Waals surface area contributed by atoms with Crippen molar-refractivity contribution < 1.29 is 4.39 Å². The van der Waals surface area contributed by atoms with E-state index in [1.54, 1.807) is 6.20 Å². The summed E-state index contributed by atoms with van der Waals surface area (Å²) >= 11 is 3.36. The molecule has 2 aromatic rings. The van der Waals surface area contributed by atoms with Crippen LogP contribution in [0.5, 0.6) is 0 Å². The zero-order chi connectivity index (χ0) is 11.4. The maximum Gasteiger partial charge on any atom is 0.141 e. The molecule has 0 unspecified atom stereocenters. The van der Waals surface area contributed by atoms with Crippen LogP contribution in [0.2, 0.25) is 0 Å². The molecule has 0 fully saturated rings. The summed E-state index contributed by atoms with van der Waals surface area (Å²) < 4.78 is 13.9. The normalized spacial score (nSPS) is 10.1. The number of aromatic nitrogens is 1. The van der Waals surface area contributed by atoms with Gasteiger partial charge < -0.3 is 5.32 Å². The molecule has 4 heteroatoms. The number of nitrogens with one attached hydrogen (secondary N) is 1. The first kappa shape index (κ1) is 11.1. The van der Waals surface area contributed by atoms with Crippen LogP contribution in [0, 0.1) is 5.82 Å². The van der Waals surface area contributed by atoms with Gasteiger partial charge in [-0.15, -0.1) is 0 Å². The molecule has 0 aliphatic heterocycles. The van der Waals surface area contributed by atoms with E-state index in [-0.39, 0.29) is 5.82 Å². The first-order valence-corrected chi connectivity index (χ1v) is 5.62. The summed E-state index contributed by atoms with van der Waals surface area (Å²) in [5.41, 5.74) is 1.82. The predicted molar refractivity (Wildman–Crippen MR) is 65.7 cm³/mol. The summed E-state index contributed by atoms with van der Waals surface area (Å²) in [6.07, 6.45) is 2.85. The first-order valence-electron chi connectivity index (χ1n) is 4.83. The molecular formula is C12H10BrFN2. The second kappa shape index (κ2) is 5.07. The summed E-state index contributed by atoms with van der Waals surface area (Å²) in [6, 6.07) is 9.28. The number of nitrogens with zero attached hydrogens (tertiary/aromatic N) is 1. The van der Waals surface area contributed by atoms with Gasteiger partial charge in [0.15, 0.2) is 0 Å². The van der Waals surface area contributed by atoms with Crippen molar-refractivity contribution in [2.75, 3.05) is 5.32 Å². The number of rotatable bonds is 3. The Morgan fingerprint density at radius 1 is 1.19 bits per heavy atom. The summed E-state index contributed by atoms with van der Waals surface area (Å²) in [5.74, 6) is -0.310. The highest BCUT2D eigenvalue weighted by Gasteiger charge is 1.96. The van der Waals surface area contributed by atoms with E-state index in [1.165, 1.54) is 12.3 Å². The van der Waals surface area contributed by atoms with Crippen molar-refractivity contribution in [2.24, 2.45) is 0 Å². The van der Waals surface area contributed by atoms with Crippen LogP contribution >= 0.6 is 15.9 Å². The van der Waals surface area contributed by atoms with Gasteiger partial charge in [0.25, 0.3) is 0 Å². The molecule has 1 aromatic carbocycles. The molecular weight excluding hydrogens is 271 g/mol. The molecule has 0 saturated heterocycles. The quantitative estimate of drug-likeness (QED) is 0.929. The lowest BCUT2D eigenvalue weighted by Crippen LogP contribution is -2.00. The lowest BCUT2D eigenvalue weighted by molar-refractivity contribution is 0.619. The van der Waals surface area contributed by atoms with Gasteiger partial charge in [0, 0.05) is 22.9 Å². The molecule has 0 spiro atoms. The van der Waals surface area contributed by atoms with Crippen LogP contribution in [0.3, 0.4) is 0 Å². The monoisotopic (exact) mass is 280 g/mol. The SMILES string of the molecule is Fc1cncc(CNc2ccc(Br)cc2)c1. The lowest BCUT2D eigenvalue weighted by atomic mass is 10.2. The van der Waals surface area contributed by atoms with Crippen molar-refractivity contribution in [3.05, 3.63) is 58.6 Å². The van der Waals surface area contributed by atoms with Gasteiger partial charge in [-0.25, -0.2) is 4.39 Å². The van der Waals surface area contributed by atoms with Crippen molar-refractivity contribution in [3.63, 3.8) is 0 Å². The van der Waals surface area contributed by atoms with Crippen molar-refractivity contribution in [3.8, 4) is 0 Å². The van der Waals surface area contributed by atoms with Gasteiger partial charge >= 0.3 is 0 Å². The predicted octanol–water partition coefficient (Wildman–Crippen LogP) is 3.60. The summed E-state index contributed by atoms with van der Waals surface area (Å²) in [7, 11) is 0. The molecule has 0 aliphatic rings. The van der Waals surface area contributed by atoms with Crippen molar-refractivity contribution in [1.29, 1.82) is 0 Å². The average molecular weight is 281 g/mol. The lowest BCUT2D eigenvalue weighted by Gasteiger charge is -2.06. The van der Waals surface area contributed by atoms with E-state index in [9.17, 15) is 4.39 Å². The van der Waals surface area contributed by atoms with Crippen LogP contribution in [0.4, 0.5) is 10.1 Å². The van der Waals surface area contributed by atoms with E-state index in [2.05, 4.69) is 26.2 Å². The molecule has 2 rings (SSSR count). The number of benzene rings is 1. The van der Waals surface area contributed by atoms with Crippen LogP contribution in [-0.4, -0.2) is 4.98 Å². The maximum absolute atomic E-state index is 12.8. The third-order valence-electron chi connectivity index (χ3n) is 2.10. The second-order valence-electron chi connectivity index (χ2n) is 3.37. The number of anilines is 1. The highest BCUT2D eigenvalue weighted by molar-refractivity contribution is 9.10. The van der Waals surface area contributed by atoms with E-state index >= 15 is 0 Å². The molecule has 82 valence electrons. The number of hydrogen-bond donors (Lipinski definition) is 1. The van der Waals surface area contributed by atoms with E-state index in [0.29, 0.717) is 6.54 Å². The topological polar surface area (TPSA) is 24.9 Å². The summed E-state index contributed by atoms with van der Waals surface area (Å²) in [5, 5.41) is 3.19. The first-order chi connectivity index (χ1) is 7.74. The smallest absolute Gasteiger partial charge is 0.141 e. The Morgan fingerprint density at radius 2 is 1.94 bits per heavy atom. The number of halogens is 2. The van der Waals surface area contributed by atoms with Gasteiger partial charge in [-0.1, -0.05) is 15.9 Å². The molecule has 1 N–H and O–H groups in total. The zero-order valence-electron chi connectivity index (χ0n) is 8.45. The Labute approximate surface area is 102 Å². The van der Waals surface area contributed by atoms with Crippen LogP contribution < -0.4 is 5.32 Å². The molecule has 0 radical (unpaired) electrons. The fourth-order valence-corrected chi connectivity index (χ4v) is 1.59. The standard InChI is InChI=1S/C12H10BrFN2/c13-10-1-3-12(4-2-10)16-7-9-5-11(14)8-15-6-9/h1-6,8,16H,7H2. The molecule has 16 heavy (non-hydrogen) atoms. The number of hydrogen-bond acceptors (Lipinski definition) is 2. The minimum atomic E-state index is -0.310. The Bertz CT molecular complexity index is 471. The third-order valence-corrected chi connectivity index (χ3v) is 2.63. The molecule has 1 aromatic heterocycles. The fraction of sp³-hybridized carbons (Fsp3) is 0.0833. The Kier molecular flexibility index (Phi) is 3.51. The molecule has 0 aliphatic carbocycles. The minimum absolute atomic E-state index is 0.310. The van der Waals surface area contributed by atoms with Crippen LogP contribution in [0.1, 0.15) is 5.56 Å². The molecule has 0 saturated carbocycles. The van der Waals surface area contributed by atoms with Crippen molar-refractivity contribution in [2.45, 2.75) is 6.54 Å². The average Bonchev–Trinajstić information content (AvgIpc) is 2.28. The van der Waals surface area contributed by atoms with E-state index in [1.807, 2.05) is 24.3 Å². The minimum Gasteiger partial charge on any atom is -0.381 e. The van der Waals surface area contributed by atoms with Crippen molar-refractivity contribution >= 4 is 21.6 Å². The Hall–Kier alpha value is -1.42. The van der Waals surface area contributed by atoms with Crippen LogP contribution in [0.15, 0.2) is 47.2 Å². The van der Waals surface area contributed by atoms with E-state index in [4.69, 9.17) is 0 Å². The van der Waals surface area contributed by atoms with Gasteiger partial charge in [-0.3, -0.25) is 4.98 Å². The van der Waals surface area contributed by atoms with Gasteiger partial charge in [-0.05, 0) is 35.9 Å². The van der Waals surface area contributed by atoms with E-state index in [0.717, 1.165) is 15.7 Å². The summed E-state index contributed by atoms with van der Waals surface area (Å²) in [4.78, 5) is 3.79. The van der Waals surface area contributed by atoms with Gasteiger partial charge in [0.2, 0.25) is 0 Å². The van der Waals surface area contributed by atoms with Crippen LogP contribution in [-0.2, 0) is 6.54 Å². The molecule has 1 heterocycles. The Morgan fingerprint density at radius 3 is 2.62 bits per heavy atom. The number of pyridine rings is 1. The maximum atomic E-state index is 12.8. The van der Waals surface area contributed by atoms with Crippen molar-refractivity contribution in [1.82, 2.24) is 4.98 Å².